The van der Waals surface area contributed by atoms with Gasteiger partial charge >= 0.3 is 257 Å². The SMILES string of the molecule is CC1=Cc2c(-c3ccc(C(C)(C)C)cc3)cccc2[CH]1[Zr]([Cl])([Cl])([CH]1C=C(c2ccccc2)c2ccccc21)[SiH](C)C. The van der Waals surface area contributed by atoms with E-state index in [0.717, 1.165) is 0 Å². The van der Waals surface area contributed by atoms with Gasteiger partial charge in [0, 0.05) is 0 Å². The molecule has 0 N–H and O–H groups in total. The molecular weight excluding hydrogens is 635 g/mol. The van der Waals surface area contributed by atoms with Crippen LogP contribution in [0.1, 0.15) is 68.3 Å². The van der Waals surface area contributed by atoms with Crippen LogP contribution in [0.5, 0.6) is 0 Å². The normalized spacial score (nSPS) is 19.3. The first-order valence-corrected chi connectivity index (χ1v) is 31.1. The Labute approximate surface area is 254 Å². The number of hydrogen-bond donors (Lipinski definition) is 0. The first-order chi connectivity index (χ1) is 19.4. The number of allylic oxidation sites excluding steroid dienone is 2. The van der Waals surface area contributed by atoms with Crippen molar-refractivity contribution in [3.05, 3.63) is 142 Å². The van der Waals surface area contributed by atoms with Crippen LogP contribution in [0.2, 0.25) is 13.1 Å². The Hall–Kier alpha value is -1.96. The molecule has 4 aromatic rings. The molecule has 0 saturated heterocycles. The molecule has 0 fully saturated rings. The van der Waals surface area contributed by atoms with E-state index in [2.05, 4.69) is 150 Å². The third-order valence-corrected chi connectivity index (χ3v) is 61.7. The molecule has 0 heterocycles. The first kappa shape index (κ1) is 29.1. The standard InChI is InChI=1S/C20H21.C15H11.C2H7Si.2ClH.Zr/c1-14-12-16-6-5-7-18(19(16)13-14)15-8-10-17(11-9-15)20(2,3)4;1-2-6-12(7-3-1)15-11-10-13-8-4-5-9-14(13)15;1-3-2;;;/h5-13H,1-4H3;1-11H;3H,1-2H3;2*1H;/q;;;;;+2/p-2. The second kappa shape index (κ2) is 10.3. The van der Waals surface area contributed by atoms with E-state index in [9.17, 15) is 0 Å². The van der Waals surface area contributed by atoms with Gasteiger partial charge in [-0.3, -0.25) is 0 Å². The molecule has 2 atom stereocenters. The molecule has 0 amide bonds. The minimum absolute atomic E-state index is 0.0758. The fraction of sp³-hybridized carbons (Fsp3) is 0.243. The van der Waals surface area contributed by atoms with Gasteiger partial charge in [0.1, 0.15) is 0 Å². The predicted molar refractivity (Wildman–Crippen MR) is 180 cm³/mol. The van der Waals surface area contributed by atoms with Gasteiger partial charge < -0.3 is 0 Å². The van der Waals surface area contributed by atoms with Gasteiger partial charge in [0.25, 0.3) is 0 Å². The second-order valence-corrected chi connectivity index (χ2v) is 56.0. The van der Waals surface area contributed by atoms with E-state index in [1.807, 2.05) is 0 Å². The van der Waals surface area contributed by atoms with Crippen LogP contribution in [-0.4, -0.2) is 5.92 Å². The van der Waals surface area contributed by atoms with Crippen molar-refractivity contribution in [1.29, 1.82) is 0 Å². The number of hydrogen-bond acceptors (Lipinski definition) is 0. The van der Waals surface area contributed by atoms with Crippen LogP contribution in [0, 0.1) is 0 Å². The molecule has 0 radical (unpaired) electrons. The van der Waals surface area contributed by atoms with Crippen LogP contribution in [0.3, 0.4) is 0 Å². The maximum atomic E-state index is 8.37. The number of rotatable bonds is 5. The number of halogens is 2. The van der Waals surface area contributed by atoms with Gasteiger partial charge in [0.15, 0.2) is 0 Å². The van der Waals surface area contributed by atoms with Crippen molar-refractivity contribution in [3.8, 4) is 11.1 Å². The Kier molecular flexibility index (Phi) is 7.35. The molecular formula is C37H39Cl2SiZr. The summed E-state index contributed by atoms with van der Waals surface area (Å²) in [6.07, 6.45) is 4.85. The zero-order valence-electron chi connectivity index (χ0n) is 24.9. The zero-order chi connectivity index (χ0) is 29.2. The molecule has 0 spiro atoms. The summed E-state index contributed by atoms with van der Waals surface area (Å²) in [5.41, 5.74) is 13.1. The van der Waals surface area contributed by atoms with Gasteiger partial charge in [0.05, 0.1) is 0 Å². The molecule has 0 nitrogen and oxygen atoms in total. The summed E-state index contributed by atoms with van der Waals surface area (Å²) in [7, 11) is 16.7. The van der Waals surface area contributed by atoms with Crippen LogP contribution in [0.15, 0.2) is 109 Å². The van der Waals surface area contributed by atoms with Gasteiger partial charge in [-0.25, -0.2) is 0 Å². The summed E-state index contributed by atoms with van der Waals surface area (Å²) in [6.45, 7) is 13.9. The van der Waals surface area contributed by atoms with Gasteiger partial charge in [0.2, 0.25) is 0 Å². The molecule has 41 heavy (non-hydrogen) atoms. The predicted octanol–water partition coefficient (Wildman–Crippen LogP) is 11.3. The average Bonchev–Trinajstić information content (AvgIpc) is 3.52. The molecule has 2 aliphatic carbocycles. The molecule has 4 heteroatoms. The summed E-state index contributed by atoms with van der Waals surface area (Å²) in [5, 5.41) is 0. The summed E-state index contributed by atoms with van der Waals surface area (Å²) in [5.74, 6) is -1.56. The van der Waals surface area contributed by atoms with Crippen molar-refractivity contribution in [2.45, 2.75) is 53.5 Å². The van der Waals surface area contributed by atoms with E-state index in [1.54, 1.807) is 0 Å². The van der Waals surface area contributed by atoms with Gasteiger partial charge in [-0.05, 0) is 0 Å². The number of benzene rings is 4. The first-order valence-electron chi connectivity index (χ1n) is 14.8. The van der Waals surface area contributed by atoms with Crippen LogP contribution in [0.25, 0.3) is 22.8 Å². The molecule has 4 aromatic carbocycles. The molecule has 6 rings (SSSR count). The van der Waals surface area contributed by atoms with Crippen molar-refractivity contribution in [2.75, 3.05) is 0 Å². The van der Waals surface area contributed by atoms with E-state index >= 15 is 0 Å². The Morgan fingerprint density at radius 1 is 0.683 bits per heavy atom. The van der Waals surface area contributed by atoms with Gasteiger partial charge in [-0.15, -0.1) is 0 Å². The Bertz CT molecular complexity index is 1690. The van der Waals surface area contributed by atoms with Crippen molar-refractivity contribution < 1.29 is 15.6 Å². The van der Waals surface area contributed by atoms with Crippen LogP contribution in [0.4, 0.5) is 0 Å². The van der Waals surface area contributed by atoms with E-state index in [1.165, 1.54) is 55.7 Å². The Morgan fingerprint density at radius 2 is 1.29 bits per heavy atom. The zero-order valence-corrected chi connectivity index (χ0v) is 30.0. The fourth-order valence-electron chi connectivity index (χ4n) is 7.24. The quantitative estimate of drug-likeness (QED) is 0.185. The molecule has 0 saturated carbocycles. The third-order valence-electron chi connectivity index (χ3n) is 9.59. The molecule has 0 aromatic heterocycles. The van der Waals surface area contributed by atoms with Crippen LogP contribution < -0.4 is 0 Å². The van der Waals surface area contributed by atoms with Gasteiger partial charge in [-0.1, -0.05) is 0 Å². The van der Waals surface area contributed by atoms with Crippen LogP contribution >= 0.6 is 17.0 Å². The summed E-state index contributed by atoms with van der Waals surface area (Å²) in [6, 6.07) is 35.4. The summed E-state index contributed by atoms with van der Waals surface area (Å²) >= 11 is -4.66. The van der Waals surface area contributed by atoms with Crippen molar-refractivity contribution in [1.82, 2.24) is 0 Å². The third kappa shape index (κ3) is 4.65. The Balaban J connectivity index is 1.52. The van der Waals surface area contributed by atoms with Crippen molar-refractivity contribution in [3.63, 3.8) is 0 Å². The monoisotopic (exact) mass is 671 g/mol. The van der Waals surface area contributed by atoms with E-state index in [4.69, 9.17) is 17.0 Å². The van der Waals surface area contributed by atoms with E-state index in [0.29, 0.717) is 0 Å². The molecule has 0 bridgehead atoms. The van der Waals surface area contributed by atoms with Crippen LogP contribution in [-0.2, 0) is 21.0 Å². The topological polar surface area (TPSA) is 0 Å². The maximum absolute atomic E-state index is 8.37. The summed E-state index contributed by atoms with van der Waals surface area (Å²) < 4.78 is 0.173. The molecule has 209 valence electrons. The van der Waals surface area contributed by atoms with Gasteiger partial charge in [-0.2, -0.15) is 0 Å². The second-order valence-electron chi connectivity index (χ2n) is 13.3. The minimum atomic E-state index is -4.66. The van der Waals surface area contributed by atoms with Crippen molar-refractivity contribution >= 4 is 34.6 Å². The molecule has 2 aliphatic rings. The van der Waals surface area contributed by atoms with Crippen molar-refractivity contribution in [2.24, 2.45) is 0 Å². The van der Waals surface area contributed by atoms with E-state index in [-0.39, 0.29) is 12.7 Å². The Morgan fingerprint density at radius 3 is 1.95 bits per heavy atom. The van der Waals surface area contributed by atoms with E-state index < -0.39 is 21.5 Å². The summed E-state index contributed by atoms with van der Waals surface area (Å²) in [4.78, 5) is 0. The molecule has 2 unspecified atom stereocenters. The molecule has 0 aliphatic heterocycles. The fourth-order valence-corrected chi connectivity index (χ4v) is 37.2. The average molecular weight is 674 g/mol. The number of fused-ring (bicyclic) bond motifs is 2.